The van der Waals surface area contributed by atoms with E-state index in [1.54, 1.807) is 12.2 Å². The maximum atomic E-state index is 11.6. The molecule has 0 heterocycles. The number of alkyl carbamates (subject to hydrolysis) is 1. The molecule has 20 heavy (non-hydrogen) atoms. The number of hydrogen-bond donors (Lipinski definition) is 1. The minimum Gasteiger partial charge on any atom is -0.467 e. The third-order valence-electron chi connectivity index (χ3n) is 2.51. The molecule has 0 aliphatic rings. The molecule has 0 fully saturated rings. The highest BCUT2D eigenvalue weighted by Gasteiger charge is 2.18. The van der Waals surface area contributed by atoms with E-state index in [1.807, 2.05) is 37.3 Å². The first kappa shape index (κ1) is 15.8. The molecule has 1 unspecified atom stereocenters. The quantitative estimate of drug-likeness (QED) is 0.640. The maximum absolute atomic E-state index is 11.6. The zero-order valence-corrected chi connectivity index (χ0v) is 11.7. The molecule has 1 N–H and O–H groups in total. The van der Waals surface area contributed by atoms with Crippen LogP contribution in [-0.4, -0.2) is 25.2 Å². The lowest BCUT2D eigenvalue weighted by atomic mass is 10.2. The maximum Gasteiger partial charge on any atom is 0.408 e. The van der Waals surface area contributed by atoms with Crippen LogP contribution in [0.15, 0.2) is 42.5 Å². The van der Waals surface area contributed by atoms with Crippen molar-refractivity contribution in [1.82, 2.24) is 5.32 Å². The summed E-state index contributed by atoms with van der Waals surface area (Å²) in [5, 5.41) is 2.45. The smallest absolute Gasteiger partial charge is 0.408 e. The van der Waals surface area contributed by atoms with Gasteiger partial charge in [-0.3, -0.25) is 0 Å². The number of methoxy groups -OCH3 is 1. The summed E-state index contributed by atoms with van der Waals surface area (Å²) in [6.45, 7) is 2.08. The first-order valence-electron chi connectivity index (χ1n) is 6.39. The van der Waals surface area contributed by atoms with Crippen LogP contribution in [0.1, 0.15) is 18.9 Å². The number of hydrogen-bond acceptors (Lipinski definition) is 4. The molecule has 1 amide bonds. The van der Waals surface area contributed by atoms with Crippen molar-refractivity contribution in [2.75, 3.05) is 7.11 Å². The topological polar surface area (TPSA) is 64.6 Å². The van der Waals surface area contributed by atoms with Gasteiger partial charge in [0.2, 0.25) is 0 Å². The van der Waals surface area contributed by atoms with Crippen molar-refractivity contribution in [3.05, 3.63) is 48.0 Å². The molecule has 0 aliphatic carbocycles. The third-order valence-corrected chi connectivity index (χ3v) is 2.51. The van der Waals surface area contributed by atoms with E-state index in [1.165, 1.54) is 7.11 Å². The lowest BCUT2D eigenvalue weighted by Gasteiger charge is -2.13. The molecule has 1 rings (SSSR count). The summed E-state index contributed by atoms with van der Waals surface area (Å²) in [5.41, 5.74) is 0.876. The molecule has 0 aromatic heterocycles. The van der Waals surface area contributed by atoms with Crippen LogP contribution >= 0.6 is 0 Å². The Morgan fingerprint density at radius 3 is 2.60 bits per heavy atom. The normalized spacial score (nSPS) is 11.9. The van der Waals surface area contributed by atoms with E-state index < -0.39 is 18.1 Å². The van der Waals surface area contributed by atoms with Gasteiger partial charge in [0.15, 0.2) is 0 Å². The van der Waals surface area contributed by atoms with Gasteiger partial charge < -0.3 is 14.8 Å². The summed E-state index contributed by atoms with van der Waals surface area (Å²) in [5.74, 6) is -0.536. The standard InChI is InChI=1S/C15H19NO4/c1-3-4-10-13(14(17)19-2)16-15(18)20-11-12-8-6-5-7-9-12/h4-10,13H,3,11H2,1-2H3,(H,16,18)/b10-4+. The molecule has 0 bridgehead atoms. The molecule has 0 saturated carbocycles. The molecule has 1 aromatic carbocycles. The van der Waals surface area contributed by atoms with E-state index in [0.717, 1.165) is 12.0 Å². The molecule has 1 aromatic rings. The van der Waals surface area contributed by atoms with Crippen molar-refractivity contribution in [1.29, 1.82) is 0 Å². The van der Waals surface area contributed by atoms with Gasteiger partial charge in [-0.05, 0) is 12.0 Å². The molecule has 1 atom stereocenters. The fourth-order valence-corrected chi connectivity index (χ4v) is 1.48. The molecule has 108 valence electrons. The Morgan fingerprint density at radius 1 is 1.30 bits per heavy atom. The number of allylic oxidation sites excluding steroid dienone is 1. The van der Waals surface area contributed by atoms with Crippen molar-refractivity contribution in [2.45, 2.75) is 26.0 Å². The van der Waals surface area contributed by atoms with Crippen molar-refractivity contribution in [3.63, 3.8) is 0 Å². The average molecular weight is 277 g/mol. The second-order valence-corrected chi connectivity index (χ2v) is 4.04. The molecule has 0 saturated heterocycles. The highest BCUT2D eigenvalue weighted by molar-refractivity contribution is 5.83. The van der Waals surface area contributed by atoms with Crippen LogP contribution in [0.25, 0.3) is 0 Å². The Balaban J connectivity index is 2.49. The number of carbonyl (C=O) groups excluding carboxylic acids is 2. The molecular weight excluding hydrogens is 258 g/mol. The van der Waals surface area contributed by atoms with Crippen LogP contribution in [0.2, 0.25) is 0 Å². The SMILES string of the molecule is CC/C=C/C(NC(=O)OCc1ccccc1)C(=O)OC. The van der Waals surface area contributed by atoms with Gasteiger partial charge in [-0.2, -0.15) is 0 Å². The Hall–Kier alpha value is -2.30. The first-order valence-corrected chi connectivity index (χ1v) is 6.39. The minimum atomic E-state index is -0.830. The van der Waals surface area contributed by atoms with E-state index in [2.05, 4.69) is 10.1 Å². The van der Waals surface area contributed by atoms with E-state index in [4.69, 9.17) is 4.74 Å². The van der Waals surface area contributed by atoms with Crippen LogP contribution in [0.4, 0.5) is 4.79 Å². The van der Waals surface area contributed by atoms with Crippen molar-refractivity contribution < 1.29 is 19.1 Å². The van der Waals surface area contributed by atoms with Gasteiger partial charge in [-0.1, -0.05) is 49.4 Å². The number of amides is 1. The summed E-state index contributed by atoms with van der Waals surface area (Å²) in [7, 11) is 1.27. The van der Waals surface area contributed by atoms with E-state index >= 15 is 0 Å². The van der Waals surface area contributed by atoms with E-state index in [0.29, 0.717) is 0 Å². The number of rotatable bonds is 6. The van der Waals surface area contributed by atoms with Gasteiger partial charge in [0.25, 0.3) is 0 Å². The van der Waals surface area contributed by atoms with Crippen molar-refractivity contribution in [2.24, 2.45) is 0 Å². The highest BCUT2D eigenvalue weighted by atomic mass is 16.6. The molecule has 0 radical (unpaired) electrons. The summed E-state index contributed by atoms with van der Waals surface area (Å²) >= 11 is 0. The van der Waals surface area contributed by atoms with Crippen LogP contribution < -0.4 is 5.32 Å². The number of esters is 1. The molecule has 0 spiro atoms. The Labute approximate surface area is 118 Å². The molecule has 5 heteroatoms. The molecule has 5 nitrogen and oxygen atoms in total. The van der Waals surface area contributed by atoms with Gasteiger partial charge >= 0.3 is 12.1 Å². The minimum absolute atomic E-state index is 0.151. The highest BCUT2D eigenvalue weighted by Crippen LogP contribution is 2.01. The van der Waals surface area contributed by atoms with Gasteiger partial charge in [0, 0.05) is 0 Å². The van der Waals surface area contributed by atoms with Gasteiger partial charge in [-0.25, -0.2) is 9.59 Å². The van der Waals surface area contributed by atoms with Crippen LogP contribution in [0.3, 0.4) is 0 Å². The summed E-state index contributed by atoms with van der Waals surface area (Å²) in [4.78, 5) is 23.1. The van der Waals surface area contributed by atoms with Crippen LogP contribution in [0, 0.1) is 0 Å². The Morgan fingerprint density at radius 2 is 2.00 bits per heavy atom. The number of nitrogens with one attached hydrogen (secondary N) is 1. The average Bonchev–Trinajstić information content (AvgIpc) is 2.49. The van der Waals surface area contributed by atoms with Crippen molar-refractivity contribution in [3.8, 4) is 0 Å². The monoisotopic (exact) mass is 277 g/mol. The number of ether oxygens (including phenoxy) is 2. The summed E-state index contributed by atoms with van der Waals surface area (Å²) < 4.78 is 9.65. The second kappa shape index (κ2) is 8.74. The van der Waals surface area contributed by atoms with Crippen LogP contribution in [-0.2, 0) is 20.9 Å². The predicted molar refractivity (Wildman–Crippen MR) is 75.0 cm³/mol. The molecular formula is C15H19NO4. The predicted octanol–water partition coefficient (Wildman–Crippen LogP) is 2.42. The molecule has 0 aliphatic heterocycles. The van der Waals surface area contributed by atoms with E-state index in [9.17, 15) is 9.59 Å². The zero-order chi connectivity index (χ0) is 14.8. The second-order valence-electron chi connectivity index (χ2n) is 4.04. The largest absolute Gasteiger partial charge is 0.467 e. The first-order chi connectivity index (χ1) is 9.67. The zero-order valence-electron chi connectivity index (χ0n) is 11.7. The lowest BCUT2D eigenvalue weighted by Crippen LogP contribution is -2.40. The van der Waals surface area contributed by atoms with E-state index in [-0.39, 0.29) is 6.61 Å². The Bertz CT molecular complexity index is 456. The number of benzene rings is 1. The Kier molecular flexibility index (Phi) is 6.89. The van der Waals surface area contributed by atoms with Crippen LogP contribution in [0.5, 0.6) is 0 Å². The van der Waals surface area contributed by atoms with Gasteiger partial charge in [0.05, 0.1) is 7.11 Å². The lowest BCUT2D eigenvalue weighted by molar-refractivity contribution is -0.141. The third kappa shape index (κ3) is 5.56. The van der Waals surface area contributed by atoms with Gasteiger partial charge in [-0.15, -0.1) is 0 Å². The number of carbonyl (C=O) groups is 2. The van der Waals surface area contributed by atoms with Gasteiger partial charge in [0.1, 0.15) is 12.6 Å². The fraction of sp³-hybridized carbons (Fsp3) is 0.333. The summed E-state index contributed by atoms with van der Waals surface area (Å²) in [6, 6.07) is 8.47. The summed E-state index contributed by atoms with van der Waals surface area (Å²) in [6.07, 6.45) is 3.45. The van der Waals surface area contributed by atoms with Crippen molar-refractivity contribution >= 4 is 12.1 Å². The fourth-order valence-electron chi connectivity index (χ4n) is 1.48.